The van der Waals surface area contributed by atoms with Crippen LogP contribution in [0.5, 0.6) is 5.75 Å². The molecule has 4 rings (SSSR count). The van der Waals surface area contributed by atoms with Crippen LogP contribution in [-0.4, -0.2) is 27.8 Å². The highest BCUT2D eigenvalue weighted by Gasteiger charge is 2.12. The van der Waals surface area contributed by atoms with E-state index in [9.17, 15) is 4.79 Å². The van der Waals surface area contributed by atoms with E-state index < -0.39 is 0 Å². The maximum atomic E-state index is 12.3. The molecule has 7 nitrogen and oxygen atoms in total. The largest absolute Gasteiger partial charge is 0.497 e. The first-order valence-corrected chi connectivity index (χ1v) is 9.57. The summed E-state index contributed by atoms with van der Waals surface area (Å²) in [6.45, 7) is 2.45. The molecule has 0 spiro atoms. The molecule has 0 saturated heterocycles. The van der Waals surface area contributed by atoms with Gasteiger partial charge in [-0.2, -0.15) is 5.10 Å². The Morgan fingerprint density at radius 3 is 2.73 bits per heavy atom. The van der Waals surface area contributed by atoms with E-state index >= 15 is 0 Å². The van der Waals surface area contributed by atoms with Crippen molar-refractivity contribution in [3.8, 4) is 17.2 Å². The number of anilines is 1. The highest BCUT2D eigenvalue weighted by molar-refractivity contribution is 5.92. The lowest BCUT2D eigenvalue weighted by Crippen LogP contribution is -2.14. The number of ether oxygens (including phenoxy) is 1. The smallest absolute Gasteiger partial charge is 0.228 e. The van der Waals surface area contributed by atoms with Crippen LogP contribution >= 0.6 is 0 Å². The highest BCUT2D eigenvalue weighted by atomic mass is 16.5. The average Bonchev–Trinajstić information content (AvgIpc) is 3.39. The van der Waals surface area contributed by atoms with Gasteiger partial charge in [0.15, 0.2) is 0 Å². The molecule has 0 bridgehead atoms. The van der Waals surface area contributed by atoms with Crippen LogP contribution in [0.3, 0.4) is 0 Å². The van der Waals surface area contributed by atoms with Gasteiger partial charge >= 0.3 is 0 Å². The molecule has 0 aliphatic heterocycles. The minimum Gasteiger partial charge on any atom is -0.497 e. The van der Waals surface area contributed by atoms with Crippen LogP contribution < -0.4 is 10.1 Å². The molecule has 0 aliphatic carbocycles. The molecule has 4 aromatic rings. The Morgan fingerprint density at radius 2 is 2.00 bits per heavy atom. The van der Waals surface area contributed by atoms with Crippen LogP contribution in [0.1, 0.15) is 17.0 Å². The first-order valence-electron chi connectivity index (χ1n) is 9.57. The third-order valence-electron chi connectivity index (χ3n) is 4.68. The molecule has 0 saturated carbocycles. The predicted octanol–water partition coefficient (Wildman–Crippen LogP) is 4.08. The summed E-state index contributed by atoms with van der Waals surface area (Å²) in [5, 5.41) is 7.11. The number of hydrogen-bond donors (Lipinski definition) is 1. The van der Waals surface area contributed by atoms with Crippen molar-refractivity contribution in [2.24, 2.45) is 0 Å². The number of benzene rings is 2. The van der Waals surface area contributed by atoms with Crippen LogP contribution in [-0.2, 0) is 17.8 Å². The van der Waals surface area contributed by atoms with Gasteiger partial charge in [0.05, 0.1) is 20.1 Å². The molecular weight excluding hydrogens is 380 g/mol. The summed E-state index contributed by atoms with van der Waals surface area (Å²) in [5.74, 6) is 1.95. The van der Waals surface area contributed by atoms with Gasteiger partial charge in [0.2, 0.25) is 11.8 Å². The molecule has 7 heteroatoms. The van der Waals surface area contributed by atoms with E-state index in [1.165, 1.54) is 0 Å². The molecule has 0 radical (unpaired) electrons. The van der Waals surface area contributed by atoms with Crippen molar-refractivity contribution in [2.75, 3.05) is 12.4 Å². The Labute approximate surface area is 174 Å². The topological polar surface area (TPSA) is 82.2 Å². The van der Waals surface area contributed by atoms with Crippen molar-refractivity contribution in [3.63, 3.8) is 0 Å². The summed E-state index contributed by atoms with van der Waals surface area (Å²) in [7, 11) is 1.61. The van der Waals surface area contributed by atoms with E-state index in [2.05, 4.69) is 15.4 Å². The molecule has 1 amide bonds. The zero-order chi connectivity index (χ0) is 20.9. The molecule has 30 heavy (non-hydrogen) atoms. The second-order valence-electron chi connectivity index (χ2n) is 6.88. The van der Waals surface area contributed by atoms with Crippen molar-refractivity contribution < 1.29 is 13.9 Å². The minimum atomic E-state index is -0.0931. The second-order valence-corrected chi connectivity index (χ2v) is 6.88. The van der Waals surface area contributed by atoms with E-state index in [-0.39, 0.29) is 12.3 Å². The summed E-state index contributed by atoms with van der Waals surface area (Å²) in [6, 6.07) is 16.8. The molecule has 2 aromatic heterocycles. The quantitative estimate of drug-likeness (QED) is 0.504. The van der Waals surface area contributed by atoms with E-state index in [1.54, 1.807) is 18.0 Å². The first-order chi connectivity index (χ1) is 14.6. The highest BCUT2D eigenvalue weighted by Crippen LogP contribution is 2.24. The van der Waals surface area contributed by atoms with Crippen LogP contribution in [0.4, 0.5) is 5.69 Å². The minimum absolute atomic E-state index is 0.0931. The number of amides is 1. The summed E-state index contributed by atoms with van der Waals surface area (Å²) in [6.07, 6.45) is 3.89. The van der Waals surface area contributed by atoms with Crippen LogP contribution in [0.15, 0.2) is 71.4 Å². The van der Waals surface area contributed by atoms with Crippen molar-refractivity contribution in [1.29, 1.82) is 0 Å². The number of hydrogen-bond acceptors (Lipinski definition) is 5. The predicted molar refractivity (Wildman–Crippen MR) is 113 cm³/mol. The van der Waals surface area contributed by atoms with Gasteiger partial charge in [-0.25, -0.2) is 4.98 Å². The maximum Gasteiger partial charge on any atom is 0.228 e. The third-order valence-corrected chi connectivity index (χ3v) is 4.68. The summed E-state index contributed by atoms with van der Waals surface area (Å²) in [4.78, 5) is 16.9. The lowest BCUT2D eigenvalue weighted by molar-refractivity contribution is -0.115. The Kier molecular flexibility index (Phi) is 5.61. The van der Waals surface area contributed by atoms with Crippen LogP contribution in [0.25, 0.3) is 11.5 Å². The SMILES string of the molecule is COc1cccc(CC(=O)Nc2ccc(-c3nc(Cn4cccn4)c(C)o3)cc2)c1. The molecule has 0 atom stereocenters. The Bertz CT molecular complexity index is 1130. The number of nitrogens with zero attached hydrogens (tertiary/aromatic N) is 3. The fourth-order valence-corrected chi connectivity index (χ4v) is 3.11. The van der Waals surface area contributed by atoms with Gasteiger partial charge in [-0.3, -0.25) is 9.48 Å². The standard InChI is InChI=1S/C23H22N4O3/c1-16-21(15-27-12-4-11-24-27)26-23(30-16)18-7-9-19(10-8-18)25-22(28)14-17-5-3-6-20(13-17)29-2/h3-13H,14-15H2,1-2H3,(H,25,28). The second kappa shape index (κ2) is 8.65. The molecular formula is C23H22N4O3. The van der Waals surface area contributed by atoms with E-state index in [1.807, 2.05) is 67.7 Å². The zero-order valence-electron chi connectivity index (χ0n) is 16.8. The van der Waals surface area contributed by atoms with Gasteiger partial charge in [-0.05, 0) is 55.0 Å². The van der Waals surface area contributed by atoms with Gasteiger partial charge in [0.1, 0.15) is 17.2 Å². The fourth-order valence-electron chi connectivity index (χ4n) is 3.11. The van der Waals surface area contributed by atoms with Gasteiger partial charge in [-0.1, -0.05) is 12.1 Å². The zero-order valence-corrected chi connectivity index (χ0v) is 16.8. The number of oxazole rings is 1. The fraction of sp³-hybridized carbons (Fsp3) is 0.174. The number of aromatic nitrogens is 3. The van der Waals surface area contributed by atoms with E-state index in [4.69, 9.17) is 9.15 Å². The van der Waals surface area contributed by atoms with Crippen LogP contribution in [0, 0.1) is 6.92 Å². The number of carbonyl (C=O) groups is 1. The molecule has 0 aliphatic rings. The number of methoxy groups -OCH3 is 1. The maximum absolute atomic E-state index is 12.3. The first kappa shape index (κ1) is 19.4. The molecule has 152 valence electrons. The Balaban J connectivity index is 1.41. The summed E-state index contributed by atoms with van der Waals surface area (Å²) >= 11 is 0. The number of nitrogens with one attached hydrogen (secondary N) is 1. The van der Waals surface area contributed by atoms with Crippen molar-refractivity contribution in [2.45, 2.75) is 19.9 Å². The van der Waals surface area contributed by atoms with Gasteiger partial charge in [-0.15, -0.1) is 0 Å². The van der Waals surface area contributed by atoms with Crippen molar-refractivity contribution in [3.05, 3.63) is 84.0 Å². The van der Waals surface area contributed by atoms with Gasteiger partial charge < -0.3 is 14.5 Å². The number of rotatable bonds is 7. The lowest BCUT2D eigenvalue weighted by Gasteiger charge is -2.07. The Morgan fingerprint density at radius 1 is 1.17 bits per heavy atom. The number of aryl methyl sites for hydroxylation is 1. The summed E-state index contributed by atoms with van der Waals surface area (Å²) < 4.78 is 12.8. The molecule has 2 heterocycles. The van der Waals surface area contributed by atoms with Crippen molar-refractivity contribution in [1.82, 2.24) is 14.8 Å². The molecule has 0 fully saturated rings. The lowest BCUT2D eigenvalue weighted by atomic mass is 10.1. The van der Waals surface area contributed by atoms with E-state index in [0.717, 1.165) is 28.3 Å². The molecule has 2 aromatic carbocycles. The summed E-state index contributed by atoms with van der Waals surface area (Å²) in [5.41, 5.74) is 3.29. The monoisotopic (exact) mass is 402 g/mol. The number of carbonyl (C=O) groups excluding carboxylic acids is 1. The van der Waals surface area contributed by atoms with Gasteiger partial charge in [0, 0.05) is 23.6 Å². The molecule has 0 unspecified atom stereocenters. The Hall–Kier alpha value is -3.87. The van der Waals surface area contributed by atoms with Gasteiger partial charge in [0.25, 0.3) is 0 Å². The van der Waals surface area contributed by atoms with E-state index in [0.29, 0.717) is 18.1 Å². The average molecular weight is 402 g/mol. The van der Waals surface area contributed by atoms with Crippen molar-refractivity contribution >= 4 is 11.6 Å². The normalized spacial score (nSPS) is 10.7. The third kappa shape index (κ3) is 4.57. The van der Waals surface area contributed by atoms with Crippen LogP contribution in [0.2, 0.25) is 0 Å². The molecule has 1 N–H and O–H groups in total.